The summed E-state index contributed by atoms with van der Waals surface area (Å²) in [6.45, 7) is 7.60. The number of carbonyl (C=O) groups excluding carboxylic acids is 2. The van der Waals surface area contributed by atoms with Crippen molar-refractivity contribution in [1.29, 1.82) is 5.26 Å². The molecule has 2 aromatic heterocycles. The highest BCUT2D eigenvalue weighted by Crippen LogP contribution is 2.36. The number of ether oxygens (including phenoxy) is 1. The number of nitrogens with zero attached hydrogens (tertiary/aromatic N) is 7. The largest absolute Gasteiger partial charge is 0.457 e. The minimum Gasteiger partial charge on any atom is -0.457 e. The number of nitriles is 1. The van der Waals surface area contributed by atoms with Gasteiger partial charge in [0.25, 0.3) is 5.91 Å². The zero-order valence-corrected chi connectivity index (χ0v) is 27.2. The van der Waals surface area contributed by atoms with E-state index in [9.17, 15) is 14.9 Å². The number of amides is 2. The van der Waals surface area contributed by atoms with Crippen LogP contribution in [-0.4, -0.2) is 79.1 Å². The number of anilines is 1. The standard InChI is InChI=1S/C35H38FN9O3/c1-4-28-33(46)39-14-16-44(28)35(2,3)18-22(19-37)34(47)43-15-8-9-23(20-43)45-32-29(31(38)40-21-41-32)30(42-45)26-13-12-25(17-27(26)36)48-24-10-6-5-7-11-24/h5-7,10-13,17-18,21,23,28H,4,8-9,14-16,20H2,1-3H3,(H,39,46)(H2,38,40,41)/t23?,28-/m1/s1. The van der Waals surface area contributed by atoms with Crippen LogP contribution in [0.15, 0.2) is 66.5 Å². The number of nitrogens with one attached hydrogen (secondary N) is 1. The normalized spacial score (nSPS) is 19.2. The summed E-state index contributed by atoms with van der Waals surface area (Å²) in [4.78, 5) is 38.7. The maximum Gasteiger partial charge on any atom is 0.264 e. The Morgan fingerprint density at radius 3 is 2.71 bits per heavy atom. The number of fused-ring (bicyclic) bond motifs is 1. The molecular formula is C35H38FN9O3. The van der Waals surface area contributed by atoms with Crippen molar-refractivity contribution in [2.75, 3.05) is 31.9 Å². The van der Waals surface area contributed by atoms with Gasteiger partial charge in [0, 0.05) is 43.3 Å². The van der Waals surface area contributed by atoms with Crippen LogP contribution in [0.1, 0.15) is 46.1 Å². The average molecular weight is 652 g/mol. The third-order valence-corrected chi connectivity index (χ3v) is 9.03. The number of piperazine rings is 1. The number of halogens is 1. The predicted octanol–water partition coefficient (Wildman–Crippen LogP) is 4.61. The van der Waals surface area contributed by atoms with Gasteiger partial charge in [-0.1, -0.05) is 25.1 Å². The molecule has 12 nitrogen and oxygen atoms in total. The number of piperidine rings is 1. The molecule has 2 aliphatic rings. The molecule has 2 fully saturated rings. The molecule has 2 saturated heterocycles. The summed E-state index contributed by atoms with van der Waals surface area (Å²) in [5, 5.41) is 18.2. The van der Waals surface area contributed by atoms with E-state index in [1.807, 2.05) is 43.9 Å². The van der Waals surface area contributed by atoms with Gasteiger partial charge >= 0.3 is 0 Å². The van der Waals surface area contributed by atoms with Crippen LogP contribution in [0.2, 0.25) is 0 Å². The van der Waals surface area contributed by atoms with E-state index in [2.05, 4.69) is 21.4 Å². The van der Waals surface area contributed by atoms with Crippen LogP contribution < -0.4 is 15.8 Å². The summed E-state index contributed by atoms with van der Waals surface area (Å²) in [6, 6.07) is 15.1. The first kappa shape index (κ1) is 32.6. The van der Waals surface area contributed by atoms with Crippen molar-refractivity contribution in [3.8, 4) is 28.8 Å². The molecule has 0 spiro atoms. The van der Waals surface area contributed by atoms with E-state index in [0.29, 0.717) is 61.4 Å². The number of likely N-dealkylation sites (tertiary alicyclic amines) is 1. The van der Waals surface area contributed by atoms with Crippen LogP contribution in [0.25, 0.3) is 22.3 Å². The van der Waals surface area contributed by atoms with Gasteiger partial charge in [-0.15, -0.1) is 0 Å². The predicted molar refractivity (Wildman–Crippen MR) is 178 cm³/mol. The van der Waals surface area contributed by atoms with Gasteiger partial charge in [-0.2, -0.15) is 10.4 Å². The molecule has 4 aromatic rings. The third kappa shape index (κ3) is 6.31. The van der Waals surface area contributed by atoms with Gasteiger partial charge < -0.3 is 20.7 Å². The van der Waals surface area contributed by atoms with Crippen LogP contribution >= 0.6 is 0 Å². The molecule has 0 radical (unpaired) electrons. The second-order valence-electron chi connectivity index (χ2n) is 12.6. The zero-order chi connectivity index (χ0) is 34.0. The highest BCUT2D eigenvalue weighted by Gasteiger charge is 2.38. The smallest absolute Gasteiger partial charge is 0.264 e. The molecule has 0 aliphatic carbocycles. The van der Waals surface area contributed by atoms with E-state index in [-0.39, 0.29) is 47.2 Å². The number of hydrogen-bond donors (Lipinski definition) is 2. The zero-order valence-electron chi connectivity index (χ0n) is 27.2. The van der Waals surface area contributed by atoms with Crippen LogP contribution in [0.3, 0.4) is 0 Å². The van der Waals surface area contributed by atoms with Gasteiger partial charge in [0.1, 0.15) is 46.8 Å². The molecule has 4 heterocycles. The number of hydrogen-bond acceptors (Lipinski definition) is 9. The fourth-order valence-corrected chi connectivity index (χ4v) is 6.71. The van der Waals surface area contributed by atoms with Gasteiger partial charge in [0.2, 0.25) is 5.91 Å². The second kappa shape index (κ2) is 13.4. The van der Waals surface area contributed by atoms with Gasteiger partial charge in [-0.25, -0.2) is 19.0 Å². The Bertz CT molecular complexity index is 1920. The Labute approximate surface area is 278 Å². The molecule has 6 rings (SSSR count). The topological polar surface area (TPSA) is 155 Å². The number of carbonyl (C=O) groups is 2. The number of aromatic nitrogens is 4. The molecule has 2 atom stereocenters. The molecule has 2 aliphatic heterocycles. The lowest BCUT2D eigenvalue weighted by Crippen LogP contribution is -2.61. The number of nitrogens with two attached hydrogens (primary N) is 1. The van der Waals surface area contributed by atoms with Crippen LogP contribution in [0.4, 0.5) is 10.2 Å². The fourth-order valence-electron chi connectivity index (χ4n) is 6.71. The minimum atomic E-state index is -0.721. The highest BCUT2D eigenvalue weighted by atomic mass is 19.1. The maximum absolute atomic E-state index is 15.7. The monoisotopic (exact) mass is 651 g/mol. The maximum atomic E-state index is 15.7. The van der Waals surface area contributed by atoms with Gasteiger partial charge in [0.15, 0.2) is 5.65 Å². The van der Waals surface area contributed by atoms with Crippen molar-refractivity contribution in [3.63, 3.8) is 0 Å². The molecule has 0 saturated carbocycles. The lowest BCUT2D eigenvalue weighted by Gasteiger charge is -2.44. The third-order valence-electron chi connectivity index (χ3n) is 9.03. The Morgan fingerprint density at radius 2 is 1.98 bits per heavy atom. The molecule has 13 heteroatoms. The molecule has 48 heavy (non-hydrogen) atoms. The summed E-state index contributed by atoms with van der Waals surface area (Å²) in [5.41, 5.74) is 6.52. The number of nitrogen functional groups attached to an aromatic ring is 1. The highest BCUT2D eigenvalue weighted by molar-refractivity contribution is 5.99. The van der Waals surface area contributed by atoms with Crippen molar-refractivity contribution < 1.29 is 18.7 Å². The van der Waals surface area contributed by atoms with Crippen LogP contribution in [0.5, 0.6) is 11.5 Å². The molecular weight excluding hydrogens is 613 g/mol. The summed E-state index contributed by atoms with van der Waals surface area (Å²) in [7, 11) is 0. The Hall–Kier alpha value is -5.35. The van der Waals surface area contributed by atoms with Crippen molar-refractivity contribution >= 4 is 28.7 Å². The number of rotatable bonds is 8. The van der Waals surface area contributed by atoms with E-state index >= 15 is 4.39 Å². The minimum absolute atomic E-state index is 0.0129. The molecule has 0 bridgehead atoms. The Morgan fingerprint density at radius 1 is 1.19 bits per heavy atom. The lowest BCUT2D eigenvalue weighted by molar-refractivity contribution is -0.131. The molecule has 2 aromatic carbocycles. The van der Waals surface area contributed by atoms with E-state index in [1.54, 1.807) is 39.9 Å². The van der Waals surface area contributed by atoms with Gasteiger partial charge in [-0.05, 0) is 63.5 Å². The number of benzene rings is 2. The van der Waals surface area contributed by atoms with E-state index in [0.717, 1.165) is 0 Å². The van der Waals surface area contributed by atoms with Gasteiger partial charge in [0.05, 0.1) is 17.5 Å². The lowest BCUT2D eigenvalue weighted by atomic mass is 9.93. The average Bonchev–Trinajstić information content (AvgIpc) is 3.48. The summed E-state index contributed by atoms with van der Waals surface area (Å²) < 4.78 is 23.1. The Balaban J connectivity index is 1.28. The summed E-state index contributed by atoms with van der Waals surface area (Å²) >= 11 is 0. The first-order valence-corrected chi connectivity index (χ1v) is 16.1. The van der Waals surface area contributed by atoms with Crippen LogP contribution in [0, 0.1) is 17.1 Å². The van der Waals surface area contributed by atoms with E-state index in [1.165, 1.54) is 12.4 Å². The van der Waals surface area contributed by atoms with Crippen molar-refractivity contribution in [3.05, 3.63) is 72.3 Å². The second-order valence-corrected chi connectivity index (χ2v) is 12.6. The van der Waals surface area contributed by atoms with E-state index in [4.69, 9.17) is 15.6 Å². The SMILES string of the molecule is CC[C@@H]1C(=O)NCCN1C(C)(C)C=C(C#N)C(=O)N1CCCC(n2nc(-c3ccc(Oc4ccccc4)cc3F)c3c(N)ncnc32)C1. The van der Waals surface area contributed by atoms with Crippen LogP contribution in [-0.2, 0) is 9.59 Å². The van der Waals surface area contributed by atoms with Crippen molar-refractivity contribution in [1.82, 2.24) is 34.9 Å². The Kier molecular flexibility index (Phi) is 9.10. The quantitative estimate of drug-likeness (QED) is 0.205. The van der Waals surface area contributed by atoms with E-state index < -0.39 is 17.3 Å². The molecule has 1 unspecified atom stereocenters. The number of para-hydroxylation sites is 1. The first-order chi connectivity index (χ1) is 23.1. The van der Waals surface area contributed by atoms with Crippen molar-refractivity contribution in [2.45, 2.75) is 57.7 Å². The van der Waals surface area contributed by atoms with Gasteiger partial charge in [-0.3, -0.25) is 14.5 Å². The van der Waals surface area contributed by atoms with Crippen molar-refractivity contribution in [2.24, 2.45) is 0 Å². The molecule has 3 N–H and O–H groups in total. The molecule has 2 amide bonds. The molecule has 248 valence electrons. The fraction of sp³-hybridized carbons (Fsp3) is 0.371. The first-order valence-electron chi connectivity index (χ1n) is 16.1. The summed E-state index contributed by atoms with van der Waals surface area (Å²) in [6.07, 6.45) is 4.94. The summed E-state index contributed by atoms with van der Waals surface area (Å²) in [5.74, 6) is 0.0612.